The largest absolute Gasteiger partial charge is 0.354 e. The fraction of sp³-hybridized carbons (Fsp3) is 0.824. The van der Waals surface area contributed by atoms with Gasteiger partial charge in [-0.1, -0.05) is 5.16 Å². The second-order valence-corrected chi connectivity index (χ2v) is 7.46. The molecule has 24 heavy (non-hydrogen) atoms. The van der Waals surface area contributed by atoms with Gasteiger partial charge in [-0.25, -0.2) is 0 Å². The first kappa shape index (κ1) is 16.0. The van der Waals surface area contributed by atoms with E-state index >= 15 is 0 Å². The zero-order chi connectivity index (χ0) is 16.4. The van der Waals surface area contributed by atoms with Gasteiger partial charge in [-0.05, 0) is 57.5 Å². The summed E-state index contributed by atoms with van der Waals surface area (Å²) in [4.78, 5) is 19.0. The molecule has 4 rings (SSSR count). The lowest BCUT2D eigenvalue weighted by Crippen LogP contribution is -2.45. The quantitative estimate of drug-likeness (QED) is 0.809. The number of amides is 1. The Kier molecular flexibility index (Phi) is 4.80. The monoisotopic (exact) mass is 333 g/mol. The predicted molar refractivity (Wildman–Crippen MR) is 88.3 cm³/mol. The van der Waals surface area contributed by atoms with Crippen LogP contribution in [0.5, 0.6) is 0 Å². The molecule has 0 spiro atoms. The number of rotatable bonds is 6. The molecule has 3 aliphatic rings. The van der Waals surface area contributed by atoms with E-state index in [2.05, 4.69) is 25.7 Å². The van der Waals surface area contributed by atoms with Crippen molar-refractivity contribution in [3.05, 3.63) is 11.7 Å². The first-order valence-electron chi connectivity index (χ1n) is 9.34. The third-order valence-corrected chi connectivity index (χ3v) is 5.32. The average Bonchev–Trinajstić information content (AvgIpc) is 3.10. The van der Waals surface area contributed by atoms with Gasteiger partial charge in [0.05, 0.1) is 12.6 Å². The van der Waals surface area contributed by atoms with E-state index in [-0.39, 0.29) is 11.9 Å². The number of aromatic nitrogens is 2. The van der Waals surface area contributed by atoms with Gasteiger partial charge in [0.15, 0.2) is 5.82 Å². The van der Waals surface area contributed by atoms with Gasteiger partial charge in [0.1, 0.15) is 0 Å². The molecule has 2 atom stereocenters. The third kappa shape index (κ3) is 3.95. The highest BCUT2D eigenvalue weighted by molar-refractivity contribution is 5.81. The Hall–Kier alpha value is -1.47. The summed E-state index contributed by atoms with van der Waals surface area (Å²) in [5.74, 6) is 2.81. The Morgan fingerprint density at radius 2 is 2.21 bits per heavy atom. The molecule has 0 radical (unpaired) electrons. The van der Waals surface area contributed by atoms with E-state index in [4.69, 9.17) is 4.52 Å². The van der Waals surface area contributed by atoms with Gasteiger partial charge in [-0.2, -0.15) is 4.98 Å². The Labute approximate surface area is 142 Å². The summed E-state index contributed by atoms with van der Waals surface area (Å²) < 4.78 is 5.34. The molecule has 1 saturated carbocycles. The maximum atomic E-state index is 12.1. The van der Waals surface area contributed by atoms with Crippen LogP contribution in [0.25, 0.3) is 0 Å². The highest BCUT2D eigenvalue weighted by atomic mass is 16.5. The van der Waals surface area contributed by atoms with Gasteiger partial charge >= 0.3 is 0 Å². The number of carbonyl (C=O) groups is 1. The molecule has 7 heteroatoms. The molecule has 0 aromatic carbocycles. The van der Waals surface area contributed by atoms with Crippen molar-refractivity contribution in [1.29, 1.82) is 0 Å². The Morgan fingerprint density at radius 1 is 1.29 bits per heavy atom. The predicted octanol–water partition coefficient (Wildman–Crippen LogP) is 1.03. The molecule has 7 nitrogen and oxygen atoms in total. The molecular weight excluding hydrogens is 306 g/mol. The van der Waals surface area contributed by atoms with Crippen molar-refractivity contribution in [3.8, 4) is 0 Å². The van der Waals surface area contributed by atoms with Crippen LogP contribution in [0, 0.1) is 5.92 Å². The van der Waals surface area contributed by atoms with Crippen molar-refractivity contribution < 1.29 is 9.32 Å². The van der Waals surface area contributed by atoms with E-state index < -0.39 is 0 Å². The van der Waals surface area contributed by atoms with Crippen molar-refractivity contribution in [3.63, 3.8) is 0 Å². The van der Waals surface area contributed by atoms with Crippen molar-refractivity contribution >= 4 is 5.91 Å². The number of nitrogens with one attached hydrogen (secondary N) is 2. The van der Waals surface area contributed by atoms with Crippen LogP contribution in [0.4, 0.5) is 0 Å². The van der Waals surface area contributed by atoms with E-state index in [0.29, 0.717) is 11.8 Å². The van der Waals surface area contributed by atoms with Crippen molar-refractivity contribution in [2.45, 2.75) is 57.0 Å². The number of piperidine rings is 1. The fourth-order valence-corrected chi connectivity index (χ4v) is 3.77. The summed E-state index contributed by atoms with van der Waals surface area (Å²) in [6.45, 7) is 4.55. The van der Waals surface area contributed by atoms with E-state index in [9.17, 15) is 4.79 Å². The molecule has 2 N–H and O–H groups in total. The first-order chi connectivity index (χ1) is 11.8. The lowest BCUT2D eigenvalue weighted by atomic mass is 9.98. The molecule has 0 bridgehead atoms. The Morgan fingerprint density at radius 3 is 3.00 bits per heavy atom. The van der Waals surface area contributed by atoms with Crippen LogP contribution in [0.2, 0.25) is 0 Å². The van der Waals surface area contributed by atoms with E-state index in [1.165, 1.54) is 19.3 Å². The highest BCUT2D eigenvalue weighted by Crippen LogP contribution is 2.38. The van der Waals surface area contributed by atoms with Crippen LogP contribution >= 0.6 is 0 Å². The molecule has 2 unspecified atom stereocenters. The maximum absolute atomic E-state index is 12.1. The van der Waals surface area contributed by atoms with Crippen molar-refractivity contribution in [1.82, 2.24) is 25.7 Å². The molecule has 1 amide bonds. The number of hydrogen-bond donors (Lipinski definition) is 2. The van der Waals surface area contributed by atoms with E-state index in [1.54, 1.807) is 0 Å². The average molecular weight is 333 g/mol. The summed E-state index contributed by atoms with van der Waals surface area (Å²) in [5.41, 5.74) is 0. The second-order valence-electron chi connectivity index (χ2n) is 7.46. The molecule has 1 aromatic rings. The minimum Gasteiger partial charge on any atom is -0.354 e. The summed E-state index contributed by atoms with van der Waals surface area (Å²) in [6.07, 6.45) is 6.77. The summed E-state index contributed by atoms with van der Waals surface area (Å²) in [5, 5.41) is 10.5. The maximum Gasteiger partial charge on any atom is 0.237 e. The molecule has 1 aromatic heterocycles. The van der Waals surface area contributed by atoms with Crippen molar-refractivity contribution in [2.24, 2.45) is 5.92 Å². The van der Waals surface area contributed by atoms with Crippen LogP contribution in [0.15, 0.2) is 4.52 Å². The molecular formula is C17H27N5O2. The number of hydrogen-bond acceptors (Lipinski definition) is 6. The van der Waals surface area contributed by atoms with Gasteiger partial charge in [0.25, 0.3) is 0 Å². The summed E-state index contributed by atoms with van der Waals surface area (Å²) in [7, 11) is 0. The van der Waals surface area contributed by atoms with Crippen LogP contribution in [0.3, 0.4) is 0 Å². The van der Waals surface area contributed by atoms with Gasteiger partial charge < -0.3 is 15.2 Å². The van der Waals surface area contributed by atoms with Crippen LogP contribution in [0.1, 0.15) is 56.2 Å². The highest BCUT2D eigenvalue weighted by Gasteiger charge is 2.30. The molecule has 2 saturated heterocycles. The van der Waals surface area contributed by atoms with Crippen LogP contribution < -0.4 is 10.6 Å². The molecule has 3 heterocycles. The lowest BCUT2D eigenvalue weighted by molar-refractivity contribution is -0.123. The normalized spacial score (nSPS) is 28.2. The number of nitrogens with zero attached hydrogens (tertiary/aromatic N) is 3. The zero-order valence-electron chi connectivity index (χ0n) is 14.2. The zero-order valence-corrected chi connectivity index (χ0v) is 14.2. The lowest BCUT2D eigenvalue weighted by Gasteiger charge is -2.32. The standard InChI is InChI=1S/C17H27N5O2/c23-16(14-4-1-7-18-14)19-9-12-3-2-8-22(10-12)11-15-20-17(24-21-15)13-5-6-13/h12-14,18H,1-11H2,(H,19,23). The SMILES string of the molecule is O=C(NCC1CCCN(Cc2noc(C3CC3)n2)C1)C1CCCN1. The smallest absolute Gasteiger partial charge is 0.237 e. The number of likely N-dealkylation sites (tertiary alicyclic amines) is 1. The molecule has 2 aliphatic heterocycles. The molecule has 132 valence electrons. The van der Waals surface area contributed by atoms with Crippen molar-refractivity contribution in [2.75, 3.05) is 26.2 Å². The first-order valence-corrected chi connectivity index (χ1v) is 9.34. The molecule has 1 aliphatic carbocycles. The van der Waals surface area contributed by atoms with Crippen LogP contribution in [-0.4, -0.2) is 53.2 Å². The topological polar surface area (TPSA) is 83.3 Å². The third-order valence-electron chi connectivity index (χ3n) is 5.32. The fourth-order valence-electron chi connectivity index (χ4n) is 3.77. The summed E-state index contributed by atoms with van der Waals surface area (Å²) in [6, 6.07) is 0.0184. The minimum atomic E-state index is 0.0184. The van der Waals surface area contributed by atoms with Gasteiger partial charge in [-0.15, -0.1) is 0 Å². The van der Waals surface area contributed by atoms with Gasteiger partial charge in [-0.3, -0.25) is 9.69 Å². The van der Waals surface area contributed by atoms with E-state index in [0.717, 1.165) is 63.7 Å². The minimum absolute atomic E-state index is 0.0184. The Bertz CT molecular complexity index is 565. The number of carbonyl (C=O) groups excluding carboxylic acids is 1. The summed E-state index contributed by atoms with van der Waals surface area (Å²) >= 11 is 0. The van der Waals surface area contributed by atoms with Gasteiger partial charge in [0.2, 0.25) is 11.8 Å². The Balaban J connectivity index is 1.23. The van der Waals surface area contributed by atoms with Crippen LogP contribution in [-0.2, 0) is 11.3 Å². The van der Waals surface area contributed by atoms with E-state index in [1.807, 2.05) is 0 Å². The molecule has 3 fully saturated rings. The second kappa shape index (κ2) is 7.19. The van der Waals surface area contributed by atoms with Gasteiger partial charge in [0, 0.05) is 19.0 Å².